The second-order valence-electron chi connectivity index (χ2n) is 12.1. The van der Waals surface area contributed by atoms with Crippen LogP contribution >= 0.6 is 0 Å². The number of carbonyl (C=O) groups is 3. The van der Waals surface area contributed by atoms with Crippen LogP contribution in [0.5, 0.6) is 11.5 Å². The van der Waals surface area contributed by atoms with E-state index >= 15 is 0 Å². The van der Waals surface area contributed by atoms with Gasteiger partial charge in [0.15, 0.2) is 29.7 Å². The Morgan fingerprint density at radius 1 is 0.947 bits per heavy atom. The van der Waals surface area contributed by atoms with Crippen LogP contribution in [0.15, 0.2) is 40.7 Å². The van der Waals surface area contributed by atoms with E-state index in [9.17, 15) is 14.4 Å². The van der Waals surface area contributed by atoms with Gasteiger partial charge in [-0.3, -0.25) is 9.59 Å². The maximum Gasteiger partial charge on any atom is 0.341 e. The number of allylic oxidation sites excluding steroid dienone is 4. The molecule has 8 nitrogen and oxygen atoms in total. The highest BCUT2D eigenvalue weighted by atomic mass is 16.5. The number of carbonyl (C=O) groups excluding carboxylic acids is 2. The van der Waals surface area contributed by atoms with E-state index in [1.807, 2.05) is 6.07 Å². The molecule has 8 heteroatoms. The minimum absolute atomic E-state index is 0.0624. The molecule has 2 aliphatic carbocycles. The maximum absolute atomic E-state index is 13.8. The van der Waals surface area contributed by atoms with Crippen LogP contribution in [0.1, 0.15) is 71.3 Å². The number of hydrogen-bond donors (Lipinski definition) is 1. The van der Waals surface area contributed by atoms with Gasteiger partial charge in [0.1, 0.15) is 0 Å². The third kappa shape index (κ3) is 5.51. The monoisotopic (exact) mass is 525 g/mol. The molecule has 0 radical (unpaired) electrons. The van der Waals surface area contributed by atoms with Gasteiger partial charge >= 0.3 is 5.97 Å². The molecule has 0 spiro atoms. The van der Waals surface area contributed by atoms with Crippen molar-refractivity contribution in [3.05, 3.63) is 46.3 Å². The van der Waals surface area contributed by atoms with E-state index in [0.29, 0.717) is 48.6 Å². The minimum atomic E-state index is -1.09. The third-order valence-electron chi connectivity index (χ3n) is 7.62. The van der Waals surface area contributed by atoms with Gasteiger partial charge in [-0.15, -0.1) is 0 Å². The number of benzene rings is 1. The highest BCUT2D eigenvalue weighted by Gasteiger charge is 2.48. The average Bonchev–Trinajstić information content (AvgIpc) is 2.81. The summed E-state index contributed by atoms with van der Waals surface area (Å²) in [5.74, 6) is -0.811. The molecular weight excluding hydrogens is 486 g/mol. The Morgan fingerprint density at radius 2 is 1.53 bits per heavy atom. The van der Waals surface area contributed by atoms with Gasteiger partial charge in [0.25, 0.3) is 0 Å². The fourth-order valence-corrected chi connectivity index (χ4v) is 6.14. The van der Waals surface area contributed by atoms with Gasteiger partial charge in [0, 0.05) is 61.6 Å². The first-order valence-corrected chi connectivity index (χ1v) is 13.2. The summed E-state index contributed by atoms with van der Waals surface area (Å²) in [7, 11) is 3.17. The molecule has 38 heavy (non-hydrogen) atoms. The molecule has 1 aromatic rings. The smallest absolute Gasteiger partial charge is 0.341 e. The number of hydrogen-bond acceptors (Lipinski definition) is 7. The van der Waals surface area contributed by atoms with Gasteiger partial charge in [-0.1, -0.05) is 33.8 Å². The molecule has 0 bridgehead atoms. The quantitative estimate of drug-likeness (QED) is 0.455. The zero-order valence-electron chi connectivity index (χ0n) is 23.3. The number of nitrogens with zero attached hydrogens (tertiary/aromatic N) is 1. The zero-order valence-corrected chi connectivity index (χ0v) is 23.3. The first-order chi connectivity index (χ1) is 17.9. The van der Waals surface area contributed by atoms with Gasteiger partial charge in [0.2, 0.25) is 0 Å². The van der Waals surface area contributed by atoms with E-state index in [2.05, 4.69) is 32.6 Å². The van der Waals surface area contributed by atoms with Crippen molar-refractivity contribution in [2.75, 3.05) is 34.0 Å². The van der Waals surface area contributed by atoms with Crippen LogP contribution in [0.25, 0.3) is 0 Å². The number of ether oxygens (including phenoxy) is 3. The molecule has 0 saturated heterocycles. The summed E-state index contributed by atoms with van der Waals surface area (Å²) in [5.41, 5.74) is 3.76. The van der Waals surface area contributed by atoms with Crippen LogP contribution in [0.4, 0.5) is 0 Å². The summed E-state index contributed by atoms with van der Waals surface area (Å²) in [6, 6.07) is 5.26. The first-order valence-electron chi connectivity index (χ1n) is 13.2. The van der Waals surface area contributed by atoms with E-state index in [1.165, 1.54) is 7.11 Å². The van der Waals surface area contributed by atoms with Crippen molar-refractivity contribution in [1.29, 1.82) is 0 Å². The van der Waals surface area contributed by atoms with Gasteiger partial charge in [-0.2, -0.15) is 0 Å². The predicted octanol–water partition coefficient (Wildman–Crippen LogP) is 4.88. The Morgan fingerprint density at radius 3 is 2.03 bits per heavy atom. The van der Waals surface area contributed by atoms with Crippen LogP contribution in [-0.4, -0.2) is 61.5 Å². The number of aliphatic carboxylic acids is 1. The summed E-state index contributed by atoms with van der Waals surface area (Å²) in [6.07, 6.45) is 3.07. The fraction of sp³-hybridized carbons (Fsp3) is 0.567. The number of rotatable bonds is 9. The average molecular weight is 526 g/mol. The molecule has 3 aliphatic rings. The third-order valence-corrected chi connectivity index (χ3v) is 7.62. The second kappa shape index (κ2) is 10.6. The molecule has 1 N–H and O–H groups in total. The lowest BCUT2D eigenvalue weighted by Gasteiger charge is -2.49. The molecular formula is C30H39NO7. The van der Waals surface area contributed by atoms with E-state index < -0.39 is 18.5 Å². The maximum atomic E-state index is 13.8. The van der Waals surface area contributed by atoms with E-state index in [4.69, 9.17) is 19.3 Å². The van der Waals surface area contributed by atoms with Crippen LogP contribution in [0.3, 0.4) is 0 Å². The van der Waals surface area contributed by atoms with Gasteiger partial charge in [-0.25, -0.2) is 4.79 Å². The van der Waals surface area contributed by atoms with Crippen molar-refractivity contribution >= 4 is 17.5 Å². The zero-order chi connectivity index (χ0) is 27.8. The highest BCUT2D eigenvalue weighted by Crippen LogP contribution is 2.54. The lowest BCUT2D eigenvalue weighted by molar-refractivity contribution is -0.139. The molecule has 1 aromatic carbocycles. The van der Waals surface area contributed by atoms with Crippen molar-refractivity contribution in [3.63, 3.8) is 0 Å². The van der Waals surface area contributed by atoms with Crippen LogP contribution in [-0.2, 0) is 19.1 Å². The number of carboxylic acid groups (broad SMARTS) is 1. The molecule has 0 unspecified atom stereocenters. The standard InChI is InChI=1S/C30H39NO7/c1-29(2)13-19-27(21(32)15-29)26(18-8-9-23(24(12-18)37-6)38-17-25(34)35)28-20(31(19)10-7-11-36-5)14-30(3,4)16-22(28)33/h8-9,12,26H,7,10-11,13-17H2,1-6H3,(H,34,35). The van der Waals surface area contributed by atoms with Gasteiger partial charge in [0.05, 0.1) is 7.11 Å². The molecule has 206 valence electrons. The molecule has 1 aliphatic heterocycles. The summed E-state index contributed by atoms with van der Waals surface area (Å²) in [5, 5.41) is 9.04. The van der Waals surface area contributed by atoms with Gasteiger partial charge < -0.3 is 24.2 Å². The van der Waals surface area contributed by atoms with Crippen molar-refractivity contribution in [2.24, 2.45) is 10.8 Å². The topological polar surface area (TPSA) is 102 Å². The van der Waals surface area contributed by atoms with E-state index in [0.717, 1.165) is 36.2 Å². The number of ketones is 2. The molecule has 4 rings (SSSR count). The Bertz CT molecular complexity index is 1150. The van der Waals surface area contributed by atoms with Gasteiger partial charge in [-0.05, 0) is 47.8 Å². The van der Waals surface area contributed by atoms with Crippen molar-refractivity contribution < 1.29 is 33.7 Å². The molecule has 0 amide bonds. The predicted molar refractivity (Wildman–Crippen MR) is 142 cm³/mol. The summed E-state index contributed by atoms with van der Waals surface area (Å²) >= 11 is 0. The molecule has 1 heterocycles. The lowest BCUT2D eigenvalue weighted by Crippen LogP contribution is -2.44. The van der Waals surface area contributed by atoms with Crippen LogP contribution < -0.4 is 9.47 Å². The summed E-state index contributed by atoms with van der Waals surface area (Å²) in [6.45, 7) is 9.25. The Labute approximate surface area is 224 Å². The Kier molecular flexibility index (Phi) is 7.75. The van der Waals surface area contributed by atoms with E-state index in [1.54, 1.807) is 19.2 Å². The van der Waals surface area contributed by atoms with E-state index in [-0.39, 0.29) is 22.4 Å². The SMILES string of the molecule is COCCCN1C2=C(C(=O)CC(C)(C)C2)C(c2ccc(OCC(=O)O)c(OC)c2)C2=C1CC(C)(C)CC2=O. The summed E-state index contributed by atoms with van der Waals surface area (Å²) in [4.78, 5) is 41.0. The molecule has 0 atom stereocenters. The number of carboxylic acids is 1. The molecule has 0 saturated carbocycles. The van der Waals surface area contributed by atoms with Crippen LogP contribution in [0, 0.1) is 10.8 Å². The Hall–Kier alpha value is -3.13. The highest BCUT2D eigenvalue weighted by molar-refractivity contribution is 6.06. The first kappa shape index (κ1) is 27.9. The van der Waals surface area contributed by atoms with Crippen LogP contribution in [0.2, 0.25) is 0 Å². The lowest BCUT2D eigenvalue weighted by atomic mass is 9.63. The molecule has 0 aromatic heterocycles. The van der Waals surface area contributed by atoms with Crippen molar-refractivity contribution in [2.45, 2.75) is 65.7 Å². The molecule has 0 fully saturated rings. The summed E-state index contributed by atoms with van der Waals surface area (Å²) < 4.78 is 16.3. The largest absolute Gasteiger partial charge is 0.493 e. The van der Waals surface area contributed by atoms with Crippen molar-refractivity contribution in [1.82, 2.24) is 4.90 Å². The second-order valence-corrected chi connectivity index (χ2v) is 12.1. The Balaban J connectivity index is 1.91. The fourth-order valence-electron chi connectivity index (χ4n) is 6.14. The minimum Gasteiger partial charge on any atom is -0.493 e. The van der Waals surface area contributed by atoms with Crippen molar-refractivity contribution in [3.8, 4) is 11.5 Å². The number of methoxy groups -OCH3 is 2. The normalized spacial score (nSPS) is 20.8. The number of Topliss-reactive ketones (excluding diaryl/α,β-unsaturated/α-hetero) is 2.